The highest BCUT2D eigenvalue weighted by molar-refractivity contribution is 6.31. The van der Waals surface area contributed by atoms with Crippen LogP contribution in [0.25, 0.3) is 0 Å². The molecule has 2 nitrogen and oxygen atoms in total. The highest BCUT2D eigenvalue weighted by Gasteiger charge is 2.23. The first-order valence-electron chi connectivity index (χ1n) is 6.19. The van der Waals surface area contributed by atoms with Crippen LogP contribution in [0.15, 0.2) is 12.1 Å². The largest absolute Gasteiger partial charge is 0.496 e. The van der Waals surface area contributed by atoms with Crippen molar-refractivity contribution in [3.8, 4) is 5.75 Å². The van der Waals surface area contributed by atoms with Crippen molar-refractivity contribution >= 4 is 11.6 Å². The van der Waals surface area contributed by atoms with Gasteiger partial charge in [-0.25, -0.2) is 0 Å². The Balaban J connectivity index is 2.09. The van der Waals surface area contributed by atoms with Crippen LogP contribution in [0.4, 0.5) is 0 Å². The fourth-order valence-corrected chi connectivity index (χ4v) is 2.27. The van der Waals surface area contributed by atoms with Crippen molar-refractivity contribution in [3.05, 3.63) is 28.3 Å². The lowest BCUT2D eigenvalue weighted by atomic mass is 10.0. The first-order chi connectivity index (χ1) is 8.10. The van der Waals surface area contributed by atoms with Gasteiger partial charge in [0.15, 0.2) is 0 Å². The molecule has 2 rings (SSSR count). The first kappa shape index (κ1) is 12.7. The molecule has 1 N–H and O–H groups in total. The second-order valence-corrected chi connectivity index (χ2v) is 5.37. The predicted octanol–water partition coefficient (Wildman–Crippen LogP) is 3.34. The molecule has 0 aliphatic heterocycles. The molecule has 0 radical (unpaired) electrons. The predicted molar refractivity (Wildman–Crippen MR) is 72.1 cm³/mol. The van der Waals surface area contributed by atoms with E-state index in [1.54, 1.807) is 7.11 Å². The van der Waals surface area contributed by atoms with E-state index in [9.17, 15) is 0 Å². The van der Waals surface area contributed by atoms with Crippen molar-refractivity contribution in [2.45, 2.75) is 45.2 Å². The maximum absolute atomic E-state index is 6.17. The van der Waals surface area contributed by atoms with Gasteiger partial charge in [-0.3, -0.25) is 0 Å². The third-order valence-corrected chi connectivity index (χ3v) is 3.59. The van der Waals surface area contributed by atoms with Gasteiger partial charge in [-0.15, -0.1) is 0 Å². The zero-order chi connectivity index (χ0) is 12.4. The average molecular weight is 254 g/mol. The van der Waals surface area contributed by atoms with Crippen LogP contribution in [0.3, 0.4) is 0 Å². The number of rotatable bonds is 5. The summed E-state index contributed by atoms with van der Waals surface area (Å²) in [5.74, 6) is 0.941. The Labute approximate surface area is 108 Å². The van der Waals surface area contributed by atoms with E-state index >= 15 is 0 Å². The summed E-state index contributed by atoms with van der Waals surface area (Å²) in [7, 11) is 1.71. The van der Waals surface area contributed by atoms with Crippen molar-refractivity contribution in [2.24, 2.45) is 0 Å². The average Bonchev–Trinajstić information content (AvgIpc) is 3.06. The fourth-order valence-electron chi connectivity index (χ4n) is 2.09. The van der Waals surface area contributed by atoms with E-state index in [0.717, 1.165) is 28.8 Å². The third-order valence-electron chi connectivity index (χ3n) is 3.19. The Hall–Kier alpha value is -0.730. The van der Waals surface area contributed by atoms with Crippen LogP contribution in [0.1, 0.15) is 30.9 Å². The number of halogens is 1. The molecule has 1 aromatic rings. The third kappa shape index (κ3) is 3.36. The van der Waals surface area contributed by atoms with Gasteiger partial charge in [0, 0.05) is 17.1 Å². The molecule has 1 aliphatic rings. The van der Waals surface area contributed by atoms with E-state index in [4.69, 9.17) is 16.3 Å². The smallest absolute Gasteiger partial charge is 0.122 e. The number of hydrogen-bond acceptors (Lipinski definition) is 2. The van der Waals surface area contributed by atoms with Crippen molar-refractivity contribution in [2.75, 3.05) is 7.11 Å². The SMILES string of the molecule is COc1cc(C)c(Cl)cc1CC(C)NC1CC1. The van der Waals surface area contributed by atoms with Gasteiger partial charge >= 0.3 is 0 Å². The summed E-state index contributed by atoms with van der Waals surface area (Å²) in [4.78, 5) is 0. The monoisotopic (exact) mass is 253 g/mol. The quantitative estimate of drug-likeness (QED) is 0.869. The Morgan fingerprint density at radius 3 is 2.76 bits per heavy atom. The van der Waals surface area contributed by atoms with Gasteiger partial charge in [-0.05, 0) is 56.4 Å². The summed E-state index contributed by atoms with van der Waals surface area (Å²) in [6, 6.07) is 5.24. The van der Waals surface area contributed by atoms with Gasteiger partial charge in [0.1, 0.15) is 5.75 Å². The zero-order valence-electron chi connectivity index (χ0n) is 10.7. The molecule has 1 aromatic carbocycles. The maximum Gasteiger partial charge on any atom is 0.122 e. The minimum atomic E-state index is 0.468. The maximum atomic E-state index is 6.17. The highest BCUT2D eigenvalue weighted by Crippen LogP contribution is 2.28. The second kappa shape index (κ2) is 5.28. The van der Waals surface area contributed by atoms with E-state index in [0.29, 0.717) is 6.04 Å². The molecule has 1 saturated carbocycles. The van der Waals surface area contributed by atoms with Crippen molar-refractivity contribution in [1.82, 2.24) is 5.32 Å². The van der Waals surface area contributed by atoms with Crippen LogP contribution in [0.2, 0.25) is 5.02 Å². The summed E-state index contributed by atoms with van der Waals surface area (Å²) >= 11 is 6.17. The Bertz CT molecular complexity index is 401. The Morgan fingerprint density at radius 2 is 2.18 bits per heavy atom. The second-order valence-electron chi connectivity index (χ2n) is 4.96. The van der Waals surface area contributed by atoms with Gasteiger partial charge in [-0.2, -0.15) is 0 Å². The van der Waals surface area contributed by atoms with Gasteiger partial charge in [-0.1, -0.05) is 11.6 Å². The topological polar surface area (TPSA) is 21.3 Å². The van der Waals surface area contributed by atoms with Crippen molar-refractivity contribution < 1.29 is 4.74 Å². The molecule has 0 amide bonds. The molecule has 1 fully saturated rings. The molecular weight excluding hydrogens is 234 g/mol. The van der Waals surface area contributed by atoms with Crippen LogP contribution in [0, 0.1) is 6.92 Å². The van der Waals surface area contributed by atoms with E-state index in [-0.39, 0.29) is 0 Å². The van der Waals surface area contributed by atoms with Gasteiger partial charge in [0.2, 0.25) is 0 Å². The Kier molecular flexibility index (Phi) is 3.95. The lowest BCUT2D eigenvalue weighted by Gasteiger charge is -2.16. The molecule has 0 aromatic heterocycles. The molecule has 94 valence electrons. The lowest BCUT2D eigenvalue weighted by molar-refractivity contribution is 0.405. The first-order valence-corrected chi connectivity index (χ1v) is 6.57. The van der Waals surface area contributed by atoms with E-state index in [1.807, 2.05) is 19.1 Å². The number of hydrogen-bond donors (Lipinski definition) is 1. The van der Waals surface area contributed by atoms with Crippen LogP contribution in [-0.4, -0.2) is 19.2 Å². The molecule has 1 aliphatic carbocycles. The molecule has 0 saturated heterocycles. The molecule has 1 atom stereocenters. The summed E-state index contributed by atoms with van der Waals surface area (Å²) in [6.07, 6.45) is 3.59. The molecule has 0 heterocycles. The lowest BCUT2D eigenvalue weighted by Crippen LogP contribution is -2.30. The number of nitrogens with one attached hydrogen (secondary N) is 1. The molecular formula is C14H20ClNO. The van der Waals surface area contributed by atoms with Crippen molar-refractivity contribution in [3.63, 3.8) is 0 Å². The summed E-state index contributed by atoms with van der Waals surface area (Å²) in [5, 5.41) is 4.41. The fraction of sp³-hybridized carbons (Fsp3) is 0.571. The standard InChI is InChI=1S/C14H20ClNO/c1-9-6-14(17-3)11(8-13(9)15)7-10(2)16-12-4-5-12/h6,8,10,12,16H,4-5,7H2,1-3H3. The molecule has 3 heteroatoms. The minimum Gasteiger partial charge on any atom is -0.496 e. The van der Waals surface area contributed by atoms with Crippen LogP contribution in [-0.2, 0) is 6.42 Å². The summed E-state index contributed by atoms with van der Waals surface area (Å²) in [6.45, 7) is 4.21. The number of methoxy groups -OCH3 is 1. The normalized spacial score (nSPS) is 16.9. The number of aryl methyl sites for hydroxylation is 1. The van der Waals surface area contributed by atoms with Gasteiger partial charge in [0.25, 0.3) is 0 Å². The number of ether oxygens (including phenoxy) is 1. The zero-order valence-corrected chi connectivity index (χ0v) is 11.5. The van der Waals surface area contributed by atoms with Crippen LogP contribution in [0.5, 0.6) is 5.75 Å². The van der Waals surface area contributed by atoms with Gasteiger partial charge < -0.3 is 10.1 Å². The van der Waals surface area contributed by atoms with E-state index in [1.165, 1.54) is 18.4 Å². The van der Waals surface area contributed by atoms with E-state index in [2.05, 4.69) is 12.2 Å². The molecule has 0 spiro atoms. The van der Waals surface area contributed by atoms with Crippen LogP contribution >= 0.6 is 11.6 Å². The van der Waals surface area contributed by atoms with Gasteiger partial charge in [0.05, 0.1) is 7.11 Å². The number of benzene rings is 1. The molecule has 17 heavy (non-hydrogen) atoms. The highest BCUT2D eigenvalue weighted by atomic mass is 35.5. The van der Waals surface area contributed by atoms with Crippen LogP contribution < -0.4 is 10.1 Å². The molecule has 1 unspecified atom stereocenters. The van der Waals surface area contributed by atoms with E-state index < -0.39 is 0 Å². The summed E-state index contributed by atoms with van der Waals surface area (Å²) < 4.78 is 5.42. The van der Waals surface area contributed by atoms with Crippen molar-refractivity contribution in [1.29, 1.82) is 0 Å². The Morgan fingerprint density at radius 1 is 1.47 bits per heavy atom. The summed E-state index contributed by atoms with van der Waals surface area (Å²) in [5.41, 5.74) is 2.25. The minimum absolute atomic E-state index is 0.468. The molecule has 0 bridgehead atoms.